The number of nitrogens with one attached hydrogen (secondary N) is 1. The molecular formula is C15H13BrF3N. The third-order valence-corrected chi connectivity index (χ3v) is 3.54. The number of halogens is 4. The normalized spacial score (nSPS) is 10.8. The maximum Gasteiger partial charge on any atom is 0.148 e. The van der Waals surface area contributed by atoms with Crippen molar-refractivity contribution in [2.75, 3.05) is 6.54 Å². The molecule has 1 N–H and O–H groups in total. The van der Waals surface area contributed by atoms with Crippen molar-refractivity contribution in [1.82, 2.24) is 5.32 Å². The minimum atomic E-state index is -0.801. The van der Waals surface area contributed by atoms with Crippen LogP contribution in [-0.2, 0) is 6.54 Å². The van der Waals surface area contributed by atoms with Crippen molar-refractivity contribution in [1.29, 1.82) is 0 Å². The Morgan fingerprint density at radius 1 is 1.05 bits per heavy atom. The van der Waals surface area contributed by atoms with Crippen molar-refractivity contribution in [3.63, 3.8) is 0 Å². The molecular weight excluding hydrogens is 331 g/mol. The van der Waals surface area contributed by atoms with Gasteiger partial charge in [0.1, 0.15) is 17.5 Å². The van der Waals surface area contributed by atoms with Gasteiger partial charge in [0.15, 0.2) is 0 Å². The quantitative estimate of drug-likeness (QED) is 0.797. The lowest BCUT2D eigenvalue weighted by atomic mass is 10.0. The van der Waals surface area contributed by atoms with E-state index in [1.807, 2.05) is 6.92 Å². The average molecular weight is 344 g/mol. The summed E-state index contributed by atoms with van der Waals surface area (Å²) in [6.07, 6.45) is 0. The average Bonchev–Trinajstić information content (AvgIpc) is 2.44. The number of hydrogen-bond acceptors (Lipinski definition) is 1. The third-order valence-electron chi connectivity index (χ3n) is 2.92. The van der Waals surface area contributed by atoms with Crippen LogP contribution in [0.25, 0.3) is 11.1 Å². The van der Waals surface area contributed by atoms with Crippen LogP contribution in [0.5, 0.6) is 0 Å². The van der Waals surface area contributed by atoms with Crippen molar-refractivity contribution >= 4 is 15.9 Å². The van der Waals surface area contributed by atoms with E-state index < -0.39 is 17.5 Å². The van der Waals surface area contributed by atoms with E-state index in [1.165, 1.54) is 18.2 Å². The van der Waals surface area contributed by atoms with Crippen LogP contribution in [0.3, 0.4) is 0 Å². The Balaban J connectivity index is 2.54. The van der Waals surface area contributed by atoms with Crippen LogP contribution in [-0.4, -0.2) is 6.54 Å². The van der Waals surface area contributed by atoms with Gasteiger partial charge in [-0.3, -0.25) is 0 Å². The first-order valence-electron chi connectivity index (χ1n) is 6.17. The highest BCUT2D eigenvalue weighted by atomic mass is 79.9. The molecule has 0 atom stereocenters. The molecule has 0 saturated carbocycles. The Labute approximate surface area is 123 Å². The van der Waals surface area contributed by atoms with E-state index in [4.69, 9.17) is 0 Å². The summed E-state index contributed by atoms with van der Waals surface area (Å²) in [6.45, 7) is 3.21. The van der Waals surface area contributed by atoms with Crippen LogP contribution in [0.4, 0.5) is 13.2 Å². The fourth-order valence-corrected chi connectivity index (χ4v) is 2.25. The summed E-state index contributed by atoms with van der Waals surface area (Å²) in [6, 6.07) is 6.65. The van der Waals surface area contributed by atoms with E-state index in [9.17, 15) is 13.2 Å². The van der Waals surface area contributed by atoms with Crippen molar-refractivity contribution in [3.05, 3.63) is 57.8 Å². The van der Waals surface area contributed by atoms with E-state index in [2.05, 4.69) is 21.2 Å². The summed E-state index contributed by atoms with van der Waals surface area (Å²) in [5.41, 5.74) is 0.342. The van der Waals surface area contributed by atoms with Gasteiger partial charge in [-0.05, 0) is 52.3 Å². The van der Waals surface area contributed by atoms with Crippen molar-refractivity contribution < 1.29 is 13.2 Å². The zero-order valence-corrected chi connectivity index (χ0v) is 12.4. The summed E-state index contributed by atoms with van der Waals surface area (Å²) in [5.74, 6) is -2.24. The second kappa shape index (κ2) is 6.41. The number of hydrogen-bond donors (Lipinski definition) is 1. The maximum absolute atomic E-state index is 14.0. The number of benzene rings is 2. The van der Waals surface area contributed by atoms with E-state index in [0.29, 0.717) is 6.54 Å². The molecule has 0 saturated heterocycles. The summed E-state index contributed by atoms with van der Waals surface area (Å²) in [4.78, 5) is 0. The van der Waals surface area contributed by atoms with Crippen LogP contribution in [0.1, 0.15) is 12.5 Å². The Bertz CT molecular complexity index is 629. The minimum Gasteiger partial charge on any atom is -0.313 e. The molecule has 0 aliphatic rings. The predicted molar refractivity (Wildman–Crippen MR) is 76.8 cm³/mol. The molecule has 20 heavy (non-hydrogen) atoms. The van der Waals surface area contributed by atoms with Crippen LogP contribution in [0, 0.1) is 17.5 Å². The molecule has 0 radical (unpaired) electrons. The lowest BCUT2D eigenvalue weighted by Gasteiger charge is -2.10. The molecule has 0 spiro atoms. The van der Waals surface area contributed by atoms with Crippen LogP contribution in [0.2, 0.25) is 0 Å². The summed E-state index contributed by atoms with van der Waals surface area (Å²) in [5, 5.41) is 3.08. The van der Waals surface area contributed by atoms with Crippen LogP contribution in [0.15, 0.2) is 34.8 Å². The van der Waals surface area contributed by atoms with Gasteiger partial charge in [0.25, 0.3) is 0 Å². The van der Waals surface area contributed by atoms with Crippen molar-refractivity contribution in [3.8, 4) is 11.1 Å². The molecule has 2 rings (SSSR count). The van der Waals surface area contributed by atoms with Crippen LogP contribution >= 0.6 is 15.9 Å². The smallest absolute Gasteiger partial charge is 0.148 e. The van der Waals surface area contributed by atoms with Gasteiger partial charge in [0.2, 0.25) is 0 Å². The SMILES string of the molecule is CCNCc1ccc(F)c(-c2c(F)ccc(Br)c2F)c1. The molecule has 0 unspecified atom stereocenters. The Morgan fingerprint density at radius 2 is 1.75 bits per heavy atom. The minimum absolute atomic E-state index is 0.0725. The maximum atomic E-state index is 14.0. The standard InChI is InChI=1S/C15H13BrF3N/c1-2-20-8-9-3-5-12(17)10(7-9)14-13(18)6-4-11(16)15(14)19/h3-7,20H,2,8H2,1H3. The Kier molecular flexibility index (Phi) is 4.83. The fraction of sp³-hybridized carbons (Fsp3) is 0.200. The molecule has 0 heterocycles. The molecule has 0 aliphatic carbocycles. The van der Waals surface area contributed by atoms with Gasteiger partial charge in [-0.2, -0.15) is 0 Å². The largest absolute Gasteiger partial charge is 0.313 e. The highest BCUT2D eigenvalue weighted by Crippen LogP contribution is 2.32. The monoisotopic (exact) mass is 343 g/mol. The molecule has 0 bridgehead atoms. The third kappa shape index (κ3) is 3.04. The first kappa shape index (κ1) is 15.1. The zero-order chi connectivity index (χ0) is 14.7. The lowest BCUT2D eigenvalue weighted by Crippen LogP contribution is -2.11. The molecule has 106 valence electrons. The Hall–Kier alpha value is -1.33. The molecule has 0 aliphatic heterocycles. The molecule has 0 fully saturated rings. The fourth-order valence-electron chi connectivity index (χ4n) is 1.92. The molecule has 1 nitrogen and oxygen atoms in total. The van der Waals surface area contributed by atoms with Crippen LogP contribution < -0.4 is 5.32 Å². The molecule has 2 aromatic carbocycles. The van der Waals surface area contributed by atoms with E-state index in [-0.39, 0.29) is 15.6 Å². The summed E-state index contributed by atoms with van der Waals surface area (Å²) >= 11 is 2.99. The Morgan fingerprint density at radius 3 is 2.45 bits per heavy atom. The van der Waals surface area contributed by atoms with E-state index in [1.54, 1.807) is 6.07 Å². The van der Waals surface area contributed by atoms with Gasteiger partial charge in [0.05, 0.1) is 10.0 Å². The predicted octanol–water partition coefficient (Wildman–Crippen LogP) is 4.64. The van der Waals surface area contributed by atoms with Crippen molar-refractivity contribution in [2.24, 2.45) is 0 Å². The summed E-state index contributed by atoms with van der Waals surface area (Å²) < 4.78 is 41.9. The molecule has 5 heteroatoms. The lowest BCUT2D eigenvalue weighted by molar-refractivity contribution is 0.578. The van der Waals surface area contributed by atoms with Crippen molar-refractivity contribution in [2.45, 2.75) is 13.5 Å². The topological polar surface area (TPSA) is 12.0 Å². The second-order valence-corrected chi connectivity index (χ2v) is 5.17. The molecule has 0 amide bonds. The van der Waals surface area contributed by atoms with Gasteiger partial charge >= 0.3 is 0 Å². The van der Waals surface area contributed by atoms with Gasteiger partial charge in [0, 0.05) is 12.1 Å². The first-order chi connectivity index (χ1) is 9.54. The van der Waals surface area contributed by atoms with Gasteiger partial charge in [-0.25, -0.2) is 13.2 Å². The van der Waals surface area contributed by atoms with Gasteiger partial charge in [-0.15, -0.1) is 0 Å². The van der Waals surface area contributed by atoms with E-state index in [0.717, 1.165) is 18.2 Å². The number of rotatable bonds is 4. The highest BCUT2D eigenvalue weighted by molar-refractivity contribution is 9.10. The first-order valence-corrected chi connectivity index (χ1v) is 6.97. The van der Waals surface area contributed by atoms with Gasteiger partial charge in [-0.1, -0.05) is 13.0 Å². The van der Waals surface area contributed by atoms with Gasteiger partial charge < -0.3 is 5.32 Å². The molecule has 2 aromatic rings. The van der Waals surface area contributed by atoms with E-state index >= 15 is 0 Å². The zero-order valence-electron chi connectivity index (χ0n) is 10.8. The second-order valence-electron chi connectivity index (χ2n) is 4.31. The summed E-state index contributed by atoms with van der Waals surface area (Å²) in [7, 11) is 0. The molecule has 0 aromatic heterocycles. The highest BCUT2D eigenvalue weighted by Gasteiger charge is 2.18.